The number of rotatable bonds is 4. The summed E-state index contributed by atoms with van der Waals surface area (Å²) in [4.78, 5) is 20.3. The molecule has 0 aromatic carbocycles. The Hall–Kier alpha value is -1.03. The van der Waals surface area contributed by atoms with Gasteiger partial charge >= 0.3 is 11.9 Å². The molecule has 0 amide bonds. The van der Waals surface area contributed by atoms with Gasteiger partial charge in [-0.3, -0.25) is 0 Å². The van der Waals surface area contributed by atoms with E-state index >= 15 is 0 Å². The minimum atomic E-state index is -1.19. The molecule has 11 heavy (non-hydrogen) atoms. The second-order valence-electron chi connectivity index (χ2n) is 1.53. The monoisotopic (exact) mass is 178 g/mol. The van der Waals surface area contributed by atoms with Crippen molar-refractivity contribution < 1.29 is 19.4 Å². The zero-order valence-corrected chi connectivity index (χ0v) is 6.37. The Kier molecular flexibility index (Phi) is 5.20. The Morgan fingerprint density at radius 2 is 2.09 bits per heavy atom. The van der Waals surface area contributed by atoms with Crippen LogP contribution in [0, 0.1) is 0 Å². The zero-order chi connectivity index (χ0) is 8.69. The molecule has 0 fully saturated rings. The number of carbonyl (C=O) groups is 2. The van der Waals surface area contributed by atoms with Gasteiger partial charge in [-0.2, -0.15) is 0 Å². The van der Waals surface area contributed by atoms with Crippen LogP contribution in [0.15, 0.2) is 12.2 Å². The third kappa shape index (κ3) is 6.86. The predicted octanol–water partition coefficient (Wildman–Crippen LogP) is 0.409. The van der Waals surface area contributed by atoms with Gasteiger partial charge < -0.3 is 9.84 Å². The SMILES string of the molecule is O=C(O)/C=C/C(=O)OCCCl. The molecule has 0 aliphatic rings. The van der Waals surface area contributed by atoms with Crippen molar-refractivity contribution in [2.75, 3.05) is 12.5 Å². The maximum Gasteiger partial charge on any atom is 0.331 e. The van der Waals surface area contributed by atoms with Gasteiger partial charge in [0.2, 0.25) is 0 Å². The summed E-state index contributed by atoms with van der Waals surface area (Å²) in [6.07, 6.45) is 1.53. The Balaban J connectivity index is 3.60. The van der Waals surface area contributed by atoms with E-state index in [1.807, 2.05) is 0 Å². The van der Waals surface area contributed by atoms with Crippen LogP contribution in [-0.4, -0.2) is 29.5 Å². The number of carboxylic acid groups (broad SMARTS) is 1. The maximum atomic E-state index is 10.5. The largest absolute Gasteiger partial charge is 0.478 e. The normalized spacial score (nSPS) is 9.91. The lowest BCUT2D eigenvalue weighted by atomic mass is 10.5. The molecule has 0 aromatic heterocycles. The van der Waals surface area contributed by atoms with Crippen molar-refractivity contribution >= 4 is 23.5 Å². The molecular weight excluding hydrogens is 172 g/mol. The molecule has 0 heterocycles. The summed E-state index contributed by atoms with van der Waals surface area (Å²) in [5.41, 5.74) is 0. The van der Waals surface area contributed by atoms with Gasteiger partial charge in [-0.05, 0) is 0 Å². The number of halogens is 1. The molecule has 5 heteroatoms. The first-order valence-electron chi connectivity index (χ1n) is 2.80. The summed E-state index contributed by atoms with van der Waals surface area (Å²) in [7, 11) is 0. The van der Waals surface area contributed by atoms with Crippen molar-refractivity contribution in [3.63, 3.8) is 0 Å². The Bertz CT molecular complexity index is 175. The fourth-order valence-electron chi connectivity index (χ4n) is 0.327. The molecule has 62 valence electrons. The van der Waals surface area contributed by atoms with Crippen LogP contribution < -0.4 is 0 Å². The number of aliphatic carboxylic acids is 1. The number of carboxylic acids is 1. The van der Waals surface area contributed by atoms with E-state index < -0.39 is 11.9 Å². The molecule has 0 aliphatic heterocycles. The molecule has 1 N–H and O–H groups in total. The Morgan fingerprint density at radius 1 is 1.45 bits per heavy atom. The van der Waals surface area contributed by atoms with Gasteiger partial charge in [0.25, 0.3) is 0 Å². The minimum absolute atomic E-state index is 0.0876. The molecule has 0 rings (SSSR count). The predicted molar refractivity (Wildman–Crippen MR) is 38.5 cm³/mol. The highest BCUT2D eigenvalue weighted by atomic mass is 35.5. The first-order valence-corrected chi connectivity index (χ1v) is 3.34. The van der Waals surface area contributed by atoms with E-state index in [-0.39, 0.29) is 12.5 Å². The Morgan fingerprint density at radius 3 is 2.55 bits per heavy atom. The lowest BCUT2D eigenvalue weighted by Crippen LogP contribution is -2.03. The van der Waals surface area contributed by atoms with E-state index in [2.05, 4.69) is 4.74 Å². The van der Waals surface area contributed by atoms with E-state index in [9.17, 15) is 9.59 Å². The van der Waals surface area contributed by atoms with Crippen molar-refractivity contribution in [3.05, 3.63) is 12.2 Å². The van der Waals surface area contributed by atoms with Gasteiger partial charge in [-0.15, -0.1) is 11.6 Å². The van der Waals surface area contributed by atoms with Crippen molar-refractivity contribution in [1.82, 2.24) is 0 Å². The highest BCUT2D eigenvalue weighted by Gasteiger charge is 1.95. The lowest BCUT2D eigenvalue weighted by molar-refractivity contribution is -0.138. The molecule has 0 saturated heterocycles. The summed E-state index contributed by atoms with van der Waals surface area (Å²) in [6, 6.07) is 0. The third-order valence-corrected chi connectivity index (χ3v) is 0.838. The molecular formula is C6H7ClO4. The number of esters is 1. The molecule has 0 spiro atoms. The summed E-state index contributed by atoms with van der Waals surface area (Å²) >= 11 is 5.19. The second-order valence-corrected chi connectivity index (χ2v) is 1.91. The molecule has 4 nitrogen and oxygen atoms in total. The van der Waals surface area contributed by atoms with Crippen molar-refractivity contribution in [3.8, 4) is 0 Å². The molecule has 0 bridgehead atoms. The van der Waals surface area contributed by atoms with Crippen molar-refractivity contribution in [2.45, 2.75) is 0 Å². The van der Waals surface area contributed by atoms with Crippen LogP contribution in [0.25, 0.3) is 0 Å². The summed E-state index contributed by atoms with van der Waals surface area (Å²) in [5, 5.41) is 8.07. The van der Waals surface area contributed by atoms with E-state index in [4.69, 9.17) is 16.7 Å². The highest BCUT2D eigenvalue weighted by Crippen LogP contribution is 1.83. The van der Waals surface area contributed by atoms with Gasteiger partial charge in [0.15, 0.2) is 0 Å². The number of hydrogen-bond acceptors (Lipinski definition) is 3. The molecule has 0 aliphatic carbocycles. The molecule has 0 radical (unpaired) electrons. The fourth-order valence-corrected chi connectivity index (χ4v) is 0.404. The van der Waals surface area contributed by atoms with Gasteiger partial charge in [0.05, 0.1) is 5.88 Å². The number of hydrogen-bond donors (Lipinski definition) is 1. The smallest absolute Gasteiger partial charge is 0.331 e. The third-order valence-electron chi connectivity index (χ3n) is 0.683. The minimum Gasteiger partial charge on any atom is -0.478 e. The van der Waals surface area contributed by atoms with Crippen LogP contribution in [0.2, 0.25) is 0 Å². The molecule has 0 unspecified atom stereocenters. The maximum absolute atomic E-state index is 10.5. The van der Waals surface area contributed by atoms with Gasteiger partial charge in [0.1, 0.15) is 6.61 Å². The number of carbonyl (C=O) groups excluding carboxylic acids is 1. The van der Waals surface area contributed by atoms with E-state index in [0.717, 1.165) is 6.08 Å². The quantitative estimate of drug-likeness (QED) is 0.385. The van der Waals surface area contributed by atoms with Crippen LogP contribution >= 0.6 is 11.6 Å². The first-order chi connectivity index (χ1) is 5.16. The highest BCUT2D eigenvalue weighted by molar-refractivity contribution is 6.18. The van der Waals surface area contributed by atoms with Crippen molar-refractivity contribution in [2.24, 2.45) is 0 Å². The summed E-state index contributed by atoms with van der Waals surface area (Å²) in [6.45, 7) is 0.0876. The van der Waals surface area contributed by atoms with Crippen LogP contribution in [0.1, 0.15) is 0 Å². The fraction of sp³-hybridized carbons (Fsp3) is 0.333. The van der Waals surface area contributed by atoms with E-state index in [1.54, 1.807) is 0 Å². The topological polar surface area (TPSA) is 63.6 Å². The molecule has 0 atom stereocenters. The van der Waals surface area contributed by atoms with Crippen LogP contribution in [0.3, 0.4) is 0 Å². The van der Waals surface area contributed by atoms with Gasteiger partial charge in [-0.25, -0.2) is 9.59 Å². The second kappa shape index (κ2) is 5.73. The average molecular weight is 179 g/mol. The van der Waals surface area contributed by atoms with Gasteiger partial charge in [0, 0.05) is 12.2 Å². The van der Waals surface area contributed by atoms with E-state index in [1.165, 1.54) is 0 Å². The standard InChI is InChI=1S/C6H7ClO4/c7-3-4-11-6(10)2-1-5(8)9/h1-2H,3-4H2,(H,8,9)/b2-1+. The van der Waals surface area contributed by atoms with Crippen molar-refractivity contribution in [1.29, 1.82) is 0 Å². The van der Waals surface area contributed by atoms with Gasteiger partial charge in [-0.1, -0.05) is 0 Å². The average Bonchev–Trinajstić information content (AvgIpc) is 1.97. The van der Waals surface area contributed by atoms with E-state index in [0.29, 0.717) is 6.08 Å². The number of ether oxygens (including phenoxy) is 1. The summed E-state index contributed by atoms with van der Waals surface area (Å²) in [5.74, 6) is -1.69. The van der Waals surface area contributed by atoms with Crippen LogP contribution in [-0.2, 0) is 14.3 Å². The van der Waals surface area contributed by atoms with Crippen LogP contribution in [0.5, 0.6) is 0 Å². The lowest BCUT2D eigenvalue weighted by Gasteiger charge is -1.94. The zero-order valence-electron chi connectivity index (χ0n) is 5.62. The molecule has 0 aromatic rings. The summed E-state index contributed by atoms with van der Waals surface area (Å²) < 4.78 is 4.42. The van der Waals surface area contributed by atoms with Crippen LogP contribution in [0.4, 0.5) is 0 Å². The molecule has 0 saturated carbocycles. The Labute approximate surface area is 68.4 Å². The first kappa shape index (κ1) is 9.97. The number of alkyl halides is 1.